The molecule has 1 aliphatic heterocycles. The average molecular weight is 473 g/mol. The van der Waals surface area contributed by atoms with Crippen molar-refractivity contribution >= 4 is 11.8 Å². The Morgan fingerprint density at radius 1 is 1.15 bits per heavy atom. The first kappa shape index (κ1) is 24.0. The fourth-order valence-corrected chi connectivity index (χ4v) is 4.75. The lowest BCUT2D eigenvalue weighted by Gasteiger charge is -2.27. The van der Waals surface area contributed by atoms with E-state index in [9.17, 15) is 18.4 Å². The first-order valence-corrected chi connectivity index (χ1v) is 11.8. The number of Topliss-reactive ketones (excluding diaryl/α,β-unsaturated/α-hetero) is 1. The summed E-state index contributed by atoms with van der Waals surface area (Å²) in [5, 5.41) is 0. The number of aryl methyl sites for hydroxylation is 3. The van der Waals surface area contributed by atoms with Crippen molar-refractivity contribution < 1.29 is 23.1 Å². The number of pyridine rings is 2. The number of hydrogen-bond donors (Lipinski definition) is 0. The number of hydrogen-bond acceptors (Lipinski definition) is 5. The van der Waals surface area contributed by atoms with E-state index in [0.717, 1.165) is 31.4 Å². The standard InChI is InChI=1S/C25H30F2N4O3/c1-17(32)15-22(19-9-11-23(28-16-19)34-24(26)27)31-14-13-30(25(31)33)12-4-6-20-10-8-18-5-2-3-7-21(18)29-20/h8-11,16,22,24H,2-7,12-15H2,1H3/t22-/m0/s1. The average Bonchev–Trinajstić information content (AvgIpc) is 3.17. The predicted octanol–water partition coefficient (Wildman–Crippen LogP) is 4.35. The topological polar surface area (TPSA) is 75.6 Å². The highest BCUT2D eigenvalue weighted by molar-refractivity contribution is 5.80. The van der Waals surface area contributed by atoms with Crippen molar-refractivity contribution in [2.45, 2.75) is 64.5 Å². The lowest BCUT2D eigenvalue weighted by Crippen LogP contribution is -2.36. The molecule has 9 heteroatoms. The van der Waals surface area contributed by atoms with Crippen LogP contribution in [0.4, 0.5) is 13.6 Å². The van der Waals surface area contributed by atoms with Crippen LogP contribution in [-0.2, 0) is 24.1 Å². The molecule has 3 heterocycles. The molecule has 2 amide bonds. The van der Waals surface area contributed by atoms with Crippen LogP contribution in [0.1, 0.15) is 61.2 Å². The van der Waals surface area contributed by atoms with Gasteiger partial charge in [0, 0.05) is 49.7 Å². The van der Waals surface area contributed by atoms with Gasteiger partial charge in [-0.15, -0.1) is 0 Å². The zero-order valence-electron chi connectivity index (χ0n) is 19.4. The number of aromatic nitrogens is 2. The summed E-state index contributed by atoms with van der Waals surface area (Å²) in [6.45, 7) is 0.184. The summed E-state index contributed by atoms with van der Waals surface area (Å²) in [4.78, 5) is 37.2. The maximum absolute atomic E-state index is 13.1. The molecule has 1 atom stereocenters. The highest BCUT2D eigenvalue weighted by atomic mass is 19.3. The highest BCUT2D eigenvalue weighted by Gasteiger charge is 2.35. The second kappa shape index (κ2) is 10.9. The summed E-state index contributed by atoms with van der Waals surface area (Å²) in [6, 6.07) is 6.58. The van der Waals surface area contributed by atoms with Crippen molar-refractivity contribution in [2.24, 2.45) is 0 Å². The van der Waals surface area contributed by atoms with E-state index in [1.165, 1.54) is 43.3 Å². The van der Waals surface area contributed by atoms with Crippen molar-refractivity contribution in [2.75, 3.05) is 19.6 Å². The van der Waals surface area contributed by atoms with Crippen LogP contribution in [0.25, 0.3) is 0 Å². The number of fused-ring (bicyclic) bond motifs is 1. The largest absolute Gasteiger partial charge is 0.417 e. The van der Waals surface area contributed by atoms with Crippen molar-refractivity contribution in [1.29, 1.82) is 0 Å². The quantitative estimate of drug-likeness (QED) is 0.514. The molecule has 2 aromatic rings. The molecule has 1 saturated heterocycles. The lowest BCUT2D eigenvalue weighted by atomic mass is 9.95. The summed E-state index contributed by atoms with van der Waals surface area (Å²) in [5.74, 6) is -0.270. The Labute approximate surface area is 198 Å². The van der Waals surface area contributed by atoms with E-state index in [2.05, 4.69) is 21.9 Å². The van der Waals surface area contributed by atoms with Gasteiger partial charge in [0.25, 0.3) is 0 Å². The molecule has 1 aliphatic carbocycles. The van der Waals surface area contributed by atoms with Crippen LogP contribution in [0, 0.1) is 0 Å². The molecule has 4 rings (SSSR count). The van der Waals surface area contributed by atoms with Gasteiger partial charge >= 0.3 is 12.6 Å². The van der Waals surface area contributed by atoms with Gasteiger partial charge in [-0.05, 0) is 62.6 Å². The number of carbonyl (C=O) groups is 2. The molecular weight excluding hydrogens is 442 g/mol. The number of rotatable bonds is 10. The number of urea groups is 1. The number of ether oxygens (including phenoxy) is 1. The summed E-state index contributed by atoms with van der Waals surface area (Å²) in [7, 11) is 0. The van der Waals surface area contributed by atoms with E-state index in [4.69, 9.17) is 4.98 Å². The Kier molecular flexibility index (Phi) is 7.70. The number of halogens is 2. The van der Waals surface area contributed by atoms with E-state index in [-0.39, 0.29) is 24.1 Å². The van der Waals surface area contributed by atoms with Crippen molar-refractivity contribution in [3.05, 3.63) is 53.0 Å². The fraction of sp³-hybridized carbons (Fsp3) is 0.520. The SMILES string of the molecule is CC(=O)C[C@@H](c1ccc(OC(F)F)nc1)N1CCN(CCCc2ccc3c(n2)CCCC3)C1=O. The van der Waals surface area contributed by atoms with E-state index < -0.39 is 12.7 Å². The Morgan fingerprint density at radius 2 is 1.97 bits per heavy atom. The third-order valence-electron chi connectivity index (χ3n) is 6.43. The van der Waals surface area contributed by atoms with Crippen LogP contribution in [0.15, 0.2) is 30.5 Å². The first-order chi connectivity index (χ1) is 16.4. The summed E-state index contributed by atoms with van der Waals surface area (Å²) in [5.41, 5.74) is 4.26. The number of amides is 2. The number of carbonyl (C=O) groups excluding carboxylic acids is 2. The van der Waals surface area contributed by atoms with Gasteiger partial charge in [0.1, 0.15) is 5.78 Å². The molecule has 0 N–H and O–H groups in total. The van der Waals surface area contributed by atoms with E-state index in [0.29, 0.717) is 25.2 Å². The van der Waals surface area contributed by atoms with E-state index >= 15 is 0 Å². The zero-order valence-corrected chi connectivity index (χ0v) is 19.4. The molecular formula is C25H30F2N4O3. The third-order valence-corrected chi connectivity index (χ3v) is 6.43. The molecule has 0 spiro atoms. The Balaban J connectivity index is 1.36. The second-order valence-corrected chi connectivity index (χ2v) is 8.91. The Hall–Kier alpha value is -3.10. The zero-order chi connectivity index (χ0) is 24.1. The molecule has 7 nitrogen and oxygen atoms in total. The maximum atomic E-state index is 13.1. The van der Waals surface area contributed by atoms with Crippen LogP contribution in [0.2, 0.25) is 0 Å². The highest BCUT2D eigenvalue weighted by Crippen LogP contribution is 2.29. The van der Waals surface area contributed by atoms with Gasteiger partial charge in [0.15, 0.2) is 0 Å². The van der Waals surface area contributed by atoms with Gasteiger partial charge in [-0.25, -0.2) is 9.78 Å². The van der Waals surface area contributed by atoms with Crippen molar-refractivity contribution in [3.63, 3.8) is 0 Å². The second-order valence-electron chi connectivity index (χ2n) is 8.91. The maximum Gasteiger partial charge on any atom is 0.388 e. The van der Waals surface area contributed by atoms with E-state index in [1.54, 1.807) is 15.9 Å². The van der Waals surface area contributed by atoms with Gasteiger partial charge in [-0.1, -0.05) is 12.1 Å². The molecule has 0 saturated carbocycles. The van der Waals surface area contributed by atoms with Crippen molar-refractivity contribution in [3.8, 4) is 5.88 Å². The molecule has 0 unspecified atom stereocenters. The molecule has 2 aromatic heterocycles. The van der Waals surface area contributed by atoms with Crippen LogP contribution in [-0.4, -0.2) is 57.8 Å². The van der Waals surface area contributed by atoms with Gasteiger partial charge in [0.2, 0.25) is 5.88 Å². The molecule has 2 aliphatic rings. The monoisotopic (exact) mass is 472 g/mol. The number of alkyl halides is 2. The minimum Gasteiger partial charge on any atom is -0.417 e. The minimum atomic E-state index is -2.96. The van der Waals surface area contributed by atoms with E-state index in [1.807, 2.05) is 0 Å². The minimum absolute atomic E-state index is 0.0670. The molecule has 0 bridgehead atoms. The number of ketones is 1. The van der Waals surface area contributed by atoms with Crippen LogP contribution >= 0.6 is 0 Å². The van der Waals surface area contributed by atoms with Gasteiger partial charge in [0.05, 0.1) is 6.04 Å². The molecule has 1 fully saturated rings. The van der Waals surface area contributed by atoms with Crippen LogP contribution < -0.4 is 4.74 Å². The summed E-state index contributed by atoms with van der Waals surface area (Å²) in [6.07, 6.45) is 7.73. The molecule has 0 radical (unpaired) electrons. The predicted molar refractivity (Wildman–Crippen MR) is 122 cm³/mol. The third kappa shape index (κ3) is 5.87. The smallest absolute Gasteiger partial charge is 0.388 e. The summed E-state index contributed by atoms with van der Waals surface area (Å²) < 4.78 is 29.1. The number of nitrogens with zero attached hydrogens (tertiary/aromatic N) is 4. The molecule has 182 valence electrons. The summed E-state index contributed by atoms with van der Waals surface area (Å²) >= 11 is 0. The van der Waals surface area contributed by atoms with Gasteiger partial charge in [-0.3, -0.25) is 9.78 Å². The normalized spacial score (nSPS) is 16.6. The Morgan fingerprint density at radius 3 is 2.71 bits per heavy atom. The lowest BCUT2D eigenvalue weighted by molar-refractivity contribution is -0.118. The van der Waals surface area contributed by atoms with Crippen LogP contribution in [0.5, 0.6) is 5.88 Å². The van der Waals surface area contributed by atoms with Crippen LogP contribution in [0.3, 0.4) is 0 Å². The van der Waals surface area contributed by atoms with Crippen molar-refractivity contribution in [1.82, 2.24) is 19.8 Å². The van der Waals surface area contributed by atoms with Gasteiger partial charge in [-0.2, -0.15) is 8.78 Å². The first-order valence-electron chi connectivity index (χ1n) is 11.8. The molecule has 0 aromatic carbocycles. The van der Waals surface area contributed by atoms with Gasteiger partial charge < -0.3 is 14.5 Å². The molecule has 34 heavy (non-hydrogen) atoms. The Bertz CT molecular complexity index is 1020. The fourth-order valence-electron chi connectivity index (χ4n) is 4.75.